The maximum Gasteiger partial charge on any atom is 0.0506 e. The molecule has 2 aliphatic rings. The van der Waals surface area contributed by atoms with E-state index in [4.69, 9.17) is 10.5 Å². The first-order valence-corrected chi connectivity index (χ1v) is 5.91. The second-order valence-corrected chi connectivity index (χ2v) is 4.76. The van der Waals surface area contributed by atoms with E-state index in [2.05, 4.69) is 5.32 Å². The quantitative estimate of drug-likeness (QED) is 0.708. The fourth-order valence-corrected chi connectivity index (χ4v) is 2.50. The molecule has 1 heterocycles. The van der Waals surface area contributed by atoms with Crippen LogP contribution < -0.4 is 11.1 Å². The summed E-state index contributed by atoms with van der Waals surface area (Å²) in [5, 5.41) is 3.62. The fourth-order valence-electron chi connectivity index (χ4n) is 2.50. The topological polar surface area (TPSA) is 47.3 Å². The van der Waals surface area contributed by atoms with E-state index >= 15 is 0 Å². The van der Waals surface area contributed by atoms with E-state index in [1.807, 2.05) is 0 Å². The number of hydrogen-bond donors (Lipinski definition) is 2. The van der Waals surface area contributed by atoms with Gasteiger partial charge in [0.2, 0.25) is 0 Å². The van der Waals surface area contributed by atoms with Crippen LogP contribution in [0.25, 0.3) is 0 Å². The predicted octanol–water partition coefficient (Wildman–Crippen LogP) is 0.882. The maximum atomic E-state index is 5.87. The standard InChI is InChI=1S/C11H22N2O/c12-10-3-4-11(6-10)13-7-9-2-1-5-14-8-9/h9-11,13H,1-8,12H2. The van der Waals surface area contributed by atoms with Gasteiger partial charge in [-0.05, 0) is 38.0 Å². The molecule has 0 amide bonds. The van der Waals surface area contributed by atoms with E-state index in [-0.39, 0.29) is 0 Å². The van der Waals surface area contributed by atoms with E-state index in [0.717, 1.165) is 32.1 Å². The summed E-state index contributed by atoms with van der Waals surface area (Å²) >= 11 is 0. The van der Waals surface area contributed by atoms with Crippen molar-refractivity contribution in [1.82, 2.24) is 5.32 Å². The summed E-state index contributed by atoms with van der Waals surface area (Å²) in [6, 6.07) is 1.11. The Balaban J connectivity index is 1.61. The molecule has 0 aromatic heterocycles. The first-order chi connectivity index (χ1) is 6.84. The van der Waals surface area contributed by atoms with Gasteiger partial charge in [-0.3, -0.25) is 0 Å². The van der Waals surface area contributed by atoms with E-state index < -0.39 is 0 Å². The van der Waals surface area contributed by atoms with Gasteiger partial charge < -0.3 is 15.8 Å². The third kappa shape index (κ3) is 2.94. The van der Waals surface area contributed by atoms with Crippen molar-refractivity contribution in [3.05, 3.63) is 0 Å². The van der Waals surface area contributed by atoms with Crippen LogP contribution in [0.1, 0.15) is 32.1 Å². The van der Waals surface area contributed by atoms with Gasteiger partial charge in [0, 0.05) is 25.2 Å². The van der Waals surface area contributed by atoms with Crippen molar-refractivity contribution in [2.24, 2.45) is 11.7 Å². The van der Waals surface area contributed by atoms with Crippen LogP contribution in [0.4, 0.5) is 0 Å². The van der Waals surface area contributed by atoms with Gasteiger partial charge in [0.05, 0.1) is 6.61 Å². The van der Waals surface area contributed by atoms with Gasteiger partial charge in [-0.25, -0.2) is 0 Å². The Morgan fingerprint density at radius 3 is 2.86 bits per heavy atom. The van der Waals surface area contributed by atoms with Gasteiger partial charge >= 0.3 is 0 Å². The molecule has 0 aromatic carbocycles. The van der Waals surface area contributed by atoms with Crippen LogP contribution in [-0.2, 0) is 4.74 Å². The van der Waals surface area contributed by atoms with Crippen LogP contribution in [0.15, 0.2) is 0 Å². The summed E-state index contributed by atoms with van der Waals surface area (Å²) < 4.78 is 5.45. The van der Waals surface area contributed by atoms with Crippen LogP contribution in [0, 0.1) is 5.92 Å². The van der Waals surface area contributed by atoms with Crippen LogP contribution >= 0.6 is 0 Å². The van der Waals surface area contributed by atoms with Gasteiger partial charge in [-0.1, -0.05) is 0 Å². The Hall–Kier alpha value is -0.120. The Bertz CT molecular complexity index is 164. The van der Waals surface area contributed by atoms with Crippen LogP contribution in [-0.4, -0.2) is 31.8 Å². The molecule has 0 aromatic rings. The molecule has 0 bridgehead atoms. The summed E-state index contributed by atoms with van der Waals surface area (Å²) in [6.07, 6.45) is 6.17. The lowest BCUT2D eigenvalue weighted by atomic mass is 10.0. The second kappa shape index (κ2) is 5.10. The van der Waals surface area contributed by atoms with Crippen molar-refractivity contribution in [3.63, 3.8) is 0 Å². The van der Waals surface area contributed by atoms with Gasteiger partial charge in [0.25, 0.3) is 0 Å². The SMILES string of the molecule is NC1CCC(NCC2CCCOC2)C1. The minimum Gasteiger partial charge on any atom is -0.381 e. The molecular formula is C11H22N2O. The highest BCUT2D eigenvalue weighted by Gasteiger charge is 2.22. The molecule has 1 aliphatic heterocycles. The molecule has 1 saturated heterocycles. The summed E-state index contributed by atoms with van der Waals surface area (Å²) in [4.78, 5) is 0. The molecule has 3 N–H and O–H groups in total. The third-order valence-corrected chi connectivity index (χ3v) is 3.42. The normalized spacial score (nSPS) is 38.8. The van der Waals surface area contributed by atoms with Gasteiger partial charge in [0.15, 0.2) is 0 Å². The third-order valence-electron chi connectivity index (χ3n) is 3.42. The van der Waals surface area contributed by atoms with Crippen molar-refractivity contribution in [1.29, 1.82) is 0 Å². The summed E-state index contributed by atoms with van der Waals surface area (Å²) in [7, 11) is 0. The molecule has 82 valence electrons. The zero-order valence-corrected chi connectivity index (χ0v) is 8.87. The molecule has 3 unspecified atom stereocenters. The molecule has 3 atom stereocenters. The number of nitrogens with two attached hydrogens (primary N) is 1. The molecule has 0 spiro atoms. The van der Waals surface area contributed by atoms with Crippen molar-refractivity contribution in [3.8, 4) is 0 Å². The van der Waals surface area contributed by atoms with E-state index in [0.29, 0.717) is 12.1 Å². The minimum absolute atomic E-state index is 0.440. The van der Waals surface area contributed by atoms with Crippen LogP contribution in [0.5, 0.6) is 0 Å². The summed E-state index contributed by atoms with van der Waals surface area (Å²) in [5.74, 6) is 0.737. The summed E-state index contributed by atoms with van der Waals surface area (Å²) in [5.41, 5.74) is 5.87. The molecular weight excluding hydrogens is 176 g/mol. The van der Waals surface area contributed by atoms with E-state index in [1.54, 1.807) is 0 Å². The highest BCUT2D eigenvalue weighted by atomic mass is 16.5. The number of nitrogens with one attached hydrogen (secondary N) is 1. The molecule has 1 aliphatic carbocycles. The average Bonchev–Trinajstić information content (AvgIpc) is 2.63. The van der Waals surface area contributed by atoms with Gasteiger partial charge in [-0.15, -0.1) is 0 Å². The number of rotatable bonds is 3. The Labute approximate surface area is 86.4 Å². The minimum atomic E-state index is 0.440. The molecule has 14 heavy (non-hydrogen) atoms. The Kier molecular flexibility index (Phi) is 3.79. The van der Waals surface area contributed by atoms with Crippen molar-refractivity contribution in [2.75, 3.05) is 19.8 Å². The van der Waals surface area contributed by atoms with Gasteiger partial charge in [-0.2, -0.15) is 0 Å². The molecule has 2 rings (SSSR count). The molecule has 0 radical (unpaired) electrons. The lowest BCUT2D eigenvalue weighted by molar-refractivity contribution is 0.0539. The largest absolute Gasteiger partial charge is 0.381 e. The van der Waals surface area contributed by atoms with Gasteiger partial charge in [0.1, 0.15) is 0 Å². The number of ether oxygens (including phenoxy) is 1. The smallest absolute Gasteiger partial charge is 0.0506 e. The first kappa shape index (κ1) is 10.4. The highest BCUT2D eigenvalue weighted by Crippen LogP contribution is 2.18. The zero-order valence-electron chi connectivity index (χ0n) is 8.87. The first-order valence-electron chi connectivity index (χ1n) is 5.91. The molecule has 1 saturated carbocycles. The monoisotopic (exact) mass is 198 g/mol. The fraction of sp³-hybridized carbons (Fsp3) is 1.00. The highest BCUT2D eigenvalue weighted by molar-refractivity contribution is 4.83. The van der Waals surface area contributed by atoms with E-state index in [9.17, 15) is 0 Å². The number of hydrogen-bond acceptors (Lipinski definition) is 3. The van der Waals surface area contributed by atoms with Crippen molar-refractivity contribution < 1.29 is 4.74 Å². The van der Waals surface area contributed by atoms with Crippen molar-refractivity contribution >= 4 is 0 Å². The maximum absolute atomic E-state index is 5.87. The van der Waals surface area contributed by atoms with E-state index in [1.165, 1.54) is 25.7 Å². The lowest BCUT2D eigenvalue weighted by Gasteiger charge is -2.24. The van der Waals surface area contributed by atoms with Crippen LogP contribution in [0.2, 0.25) is 0 Å². The average molecular weight is 198 g/mol. The summed E-state index contributed by atoms with van der Waals surface area (Å²) in [6.45, 7) is 3.04. The molecule has 3 heteroatoms. The Morgan fingerprint density at radius 2 is 2.21 bits per heavy atom. The Morgan fingerprint density at radius 1 is 1.29 bits per heavy atom. The van der Waals surface area contributed by atoms with Crippen LogP contribution in [0.3, 0.4) is 0 Å². The molecule has 2 fully saturated rings. The second-order valence-electron chi connectivity index (χ2n) is 4.76. The molecule has 3 nitrogen and oxygen atoms in total. The lowest BCUT2D eigenvalue weighted by Crippen LogP contribution is -2.35. The predicted molar refractivity (Wildman–Crippen MR) is 57.2 cm³/mol. The zero-order chi connectivity index (χ0) is 9.80. The van der Waals surface area contributed by atoms with Crippen molar-refractivity contribution in [2.45, 2.75) is 44.2 Å².